The average Bonchev–Trinajstić information content (AvgIpc) is 3.68. The number of Topliss-reactive ketones (excluding diaryl/α,β-unsaturated/α-hetero) is 1. The Kier molecular flexibility index (Phi) is 6.73. The van der Waals surface area contributed by atoms with E-state index in [9.17, 15) is 14.7 Å². The third kappa shape index (κ3) is 5.22. The highest BCUT2D eigenvalue weighted by Crippen LogP contribution is 2.33. The first kappa shape index (κ1) is 24.4. The van der Waals surface area contributed by atoms with Gasteiger partial charge in [0.2, 0.25) is 0 Å². The van der Waals surface area contributed by atoms with E-state index in [1.54, 1.807) is 0 Å². The zero-order chi connectivity index (χ0) is 26.1. The molecule has 3 aromatic carbocycles. The van der Waals surface area contributed by atoms with Crippen molar-refractivity contribution >= 4 is 34.0 Å². The van der Waals surface area contributed by atoms with E-state index in [0.29, 0.717) is 23.8 Å². The summed E-state index contributed by atoms with van der Waals surface area (Å²) in [5.74, 6) is 0.989. The van der Waals surface area contributed by atoms with Crippen molar-refractivity contribution in [1.82, 2.24) is 4.57 Å². The minimum atomic E-state index is -0.145. The summed E-state index contributed by atoms with van der Waals surface area (Å²) in [6.45, 7) is 2.05. The number of aliphatic hydroxyl groups excluding tert-OH is 1. The lowest BCUT2D eigenvalue weighted by Crippen LogP contribution is -2.36. The zero-order valence-electron chi connectivity index (χ0n) is 21.5. The predicted molar refractivity (Wildman–Crippen MR) is 151 cm³/mol. The van der Waals surface area contributed by atoms with Crippen LogP contribution in [0.25, 0.3) is 16.6 Å². The Bertz CT molecular complexity index is 1450. The van der Waals surface area contributed by atoms with Gasteiger partial charge in [-0.3, -0.25) is 9.59 Å². The largest absolute Gasteiger partial charge is 0.396 e. The van der Waals surface area contributed by atoms with Gasteiger partial charge in [-0.2, -0.15) is 0 Å². The van der Waals surface area contributed by atoms with Crippen LogP contribution in [-0.2, 0) is 0 Å². The van der Waals surface area contributed by atoms with E-state index in [2.05, 4.69) is 14.8 Å². The number of nitrogens with one attached hydrogen (secondary N) is 1. The van der Waals surface area contributed by atoms with Crippen LogP contribution in [0, 0.1) is 11.8 Å². The van der Waals surface area contributed by atoms with E-state index in [1.807, 2.05) is 79.0 Å². The van der Waals surface area contributed by atoms with E-state index in [4.69, 9.17) is 0 Å². The molecule has 0 spiro atoms. The van der Waals surface area contributed by atoms with E-state index >= 15 is 0 Å². The standard InChI is InChI=1S/C32H33N3O3/c36-21-23-2-1-16-34(20-23)28-10-7-25(8-11-28)32(38)33-27-9-14-30-26(19-27)15-17-35(30)29-12-5-24(6-13-29)31(37)18-22-3-4-22/h5-15,17,19,22-23,36H,1-4,16,18,20-21H2,(H,33,38). The number of aromatic nitrogens is 1. The summed E-state index contributed by atoms with van der Waals surface area (Å²) in [5, 5.41) is 13.5. The molecule has 1 aliphatic carbocycles. The van der Waals surface area contributed by atoms with Gasteiger partial charge in [0.25, 0.3) is 5.91 Å². The maximum atomic E-state index is 12.9. The van der Waals surface area contributed by atoms with Gasteiger partial charge in [0.05, 0.1) is 5.52 Å². The SMILES string of the molecule is O=C(CC1CC1)c1ccc(-n2ccc3cc(NC(=O)c4ccc(N5CCCC(CO)C5)cc4)ccc32)cc1. The minimum absolute atomic E-state index is 0.145. The van der Waals surface area contributed by atoms with Crippen molar-refractivity contribution in [3.8, 4) is 5.69 Å². The van der Waals surface area contributed by atoms with Crippen LogP contribution >= 0.6 is 0 Å². The number of amides is 1. The molecule has 0 bridgehead atoms. The summed E-state index contributed by atoms with van der Waals surface area (Å²) in [4.78, 5) is 27.6. The summed E-state index contributed by atoms with van der Waals surface area (Å²) in [6, 6.07) is 23.5. The van der Waals surface area contributed by atoms with Gasteiger partial charge in [-0.15, -0.1) is 0 Å². The molecule has 1 atom stereocenters. The van der Waals surface area contributed by atoms with Crippen LogP contribution < -0.4 is 10.2 Å². The molecular weight excluding hydrogens is 474 g/mol. The van der Waals surface area contributed by atoms with Crippen molar-refractivity contribution < 1.29 is 14.7 Å². The van der Waals surface area contributed by atoms with Gasteiger partial charge in [0.15, 0.2) is 5.78 Å². The summed E-state index contributed by atoms with van der Waals surface area (Å²) >= 11 is 0. The number of ketones is 1. The Morgan fingerprint density at radius 1 is 0.842 bits per heavy atom. The number of hydrogen-bond donors (Lipinski definition) is 2. The lowest BCUT2D eigenvalue weighted by molar-refractivity contribution is 0.0974. The van der Waals surface area contributed by atoms with E-state index < -0.39 is 0 Å². The van der Waals surface area contributed by atoms with Crippen molar-refractivity contribution in [2.45, 2.75) is 32.1 Å². The Hall–Kier alpha value is -3.90. The van der Waals surface area contributed by atoms with Crippen molar-refractivity contribution in [3.05, 3.63) is 90.1 Å². The number of nitrogens with zero attached hydrogens (tertiary/aromatic N) is 2. The summed E-state index contributed by atoms with van der Waals surface area (Å²) in [7, 11) is 0. The molecule has 6 rings (SSSR count). The molecule has 1 aliphatic heterocycles. The van der Waals surface area contributed by atoms with Gasteiger partial charge in [-0.1, -0.05) is 0 Å². The van der Waals surface area contributed by atoms with Gasteiger partial charge in [-0.05, 0) is 110 Å². The molecule has 1 amide bonds. The predicted octanol–water partition coefficient (Wildman–Crippen LogP) is 6.07. The maximum absolute atomic E-state index is 12.9. The van der Waals surface area contributed by atoms with Crippen LogP contribution in [-0.4, -0.2) is 41.1 Å². The zero-order valence-corrected chi connectivity index (χ0v) is 21.5. The van der Waals surface area contributed by atoms with Gasteiger partial charge in [-0.25, -0.2) is 0 Å². The van der Waals surface area contributed by atoms with Gasteiger partial charge in [0.1, 0.15) is 0 Å². The highest BCUT2D eigenvalue weighted by Gasteiger charge is 2.25. The highest BCUT2D eigenvalue weighted by molar-refractivity contribution is 6.05. The Morgan fingerprint density at radius 2 is 1.58 bits per heavy atom. The quantitative estimate of drug-likeness (QED) is 0.284. The number of rotatable bonds is 8. The van der Waals surface area contributed by atoms with Crippen molar-refractivity contribution in [3.63, 3.8) is 0 Å². The molecule has 1 unspecified atom stereocenters. The molecule has 1 saturated carbocycles. The first-order chi connectivity index (χ1) is 18.6. The minimum Gasteiger partial charge on any atom is -0.396 e. The topological polar surface area (TPSA) is 74.6 Å². The molecule has 2 fully saturated rings. The average molecular weight is 508 g/mol. The molecular formula is C32H33N3O3. The van der Waals surface area contributed by atoms with E-state index in [-0.39, 0.29) is 18.3 Å². The molecule has 194 valence electrons. The smallest absolute Gasteiger partial charge is 0.255 e. The lowest BCUT2D eigenvalue weighted by Gasteiger charge is -2.33. The summed E-state index contributed by atoms with van der Waals surface area (Å²) < 4.78 is 2.09. The highest BCUT2D eigenvalue weighted by atomic mass is 16.3. The van der Waals surface area contributed by atoms with Gasteiger partial charge in [0, 0.05) is 65.9 Å². The molecule has 1 aromatic heterocycles. The maximum Gasteiger partial charge on any atom is 0.255 e. The van der Waals surface area contributed by atoms with Crippen LogP contribution in [0.2, 0.25) is 0 Å². The van der Waals surface area contributed by atoms with Crippen molar-refractivity contribution in [2.75, 3.05) is 29.9 Å². The second-order valence-corrected chi connectivity index (χ2v) is 10.7. The van der Waals surface area contributed by atoms with Crippen molar-refractivity contribution in [2.24, 2.45) is 11.8 Å². The molecule has 6 heteroatoms. The third-order valence-electron chi connectivity index (χ3n) is 7.86. The molecule has 0 radical (unpaired) electrons. The molecule has 2 heterocycles. The number of anilines is 2. The Balaban J connectivity index is 1.12. The molecule has 1 saturated heterocycles. The van der Waals surface area contributed by atoms with E-state index in [1.165, 1.54) is 12.8 Å². The summed E-state index contributed by atoms with van der Waals surface area (Å²) in [5.41, 5.74) is 5.25. The van der Waals surface area contributed by atoms with Gasteiger partial charge >= 0.3 is 0 Å². The normalized spacial score (nSPS) is 17.5. The third-order valence-corrected chi connectivity index (χ3v) is 7.86. The monoisotopic (exact) mass is 507 g/mol. The van der Waals surface area contributed by atoms with Crippen LogP contribution in [0.4, 0.5) is 11.4 Å². The number of hydrogen-bond acceptors (Lipinski definition) is 4. The fraction of sp³-hybridized carbons (Fsp3) is 0.312. The number of fused-ring (bicyclic) bond motifs is 1. The molecule has 38 heavy (non-hydrogen) atoms. The number of piperidine rings is 1. The molecule has 2 aliphatic rings. The van der Waals surface area contributed by atoms with Crippen LogP contribution in [0.1, 0.15) is 52.8 Å². The number of carbonyl (C=O) groups is 2. The second kappa shape index (κ2) is 10.5. The number of benzene rings is 3. The molecule has 6 nitrogen and oxygen atoms in total. The molecule has 2 N–H and O–H groups in total. The van der Waals surface area contributed by atoms with Gasteiger partial charge < -0.3 is 19.9 Å². The first-order valence-corrected chi connectivity index (χ1v) is 13.6. The Labute approximate surface area is 222 Å². The summed E-state index contributed by atoms with van der Waals surface area (Å²) in [6.07, 6.45) is 7.17. The second-order valence-electron chi connectivity index (χ2n) is 10.7. The number of aliphatic hydroxyl groups is 1. The van der Waals surface area contributed by atoms with E-state index in [0.717, 1.165) is 59.5 Å². The number of carbonyl (C=O) groups excluding carboxylic acids is 2. The van der Waals surface area contributed by atoms with Crippen LogP contribution in [0.15, 0.2) is 79.0 Å². The van der Waals surface area contributed by atoms with Crippen LogP contribution in [0.3, 0.4) is 0 Å². The lowest BCUT2D eigenvalue weighted by atomic mass is 9.98. The fourth-order valence-electron chi connectivity index (χ4n) is 5.43. The molecule has 4 aromatic rings. The fourth-order valence-corrected chi connectivity index (χ4v) is 5.43. The van der Waals surface area contributed by atoms with Crippen LogP contribution in [0.5, 0.6) is 0 Å². The Morgan fingerprint density at radius 3 is 2.32 bits per heavy atom. The van der Waals surface area contributed by atoms with Crippen molar-refractivity contribution in [1.29, 1.82) is 0 Å². The first-order valence-electron chi connectivity index (χ1n) is 13.6.